The summed E-state index contributed by atoms with van der Waals surface area (Å²) in [5.74, 6) is -0.864. The fourth-order valence-electron chi connectivity index (χ4n) is 2.07. The second kappa shape index (κ2) is 5.05. The maximum absolute atomic E-state index is 10.7. The van der Waals surface area contributed by atoms with E-state index in [1.54, 1.807) is 6.20 Å². The van der Waals surface area contributed by atoms with Crippen molar-refractivity contribution in [3.63, 3.8) is 0 Å². The number of hydrogen-bond acceptors (Lipinski definition) is 4. The average Bonchev–Trinajstić information content (AvgIpc) is 3.03. The first-order chi connectivity index (χ1) is 9.67. The van der Waals surface area contributed by atoms with Crippen molar-refractivity contribution in [1.29, 1.82) is 0 Å². The molecule has 0 aromatic carbocycles. The predicted octanol–water partition coefficient (Wildman–Crippen LogP) is 2.65. The molecule has 0 aliphatic heterocycles. The Balaban J connectivity index is 2.01. The molecule has 0 saturated heterocycles. The second-order valence-electron chi connectivity index (χ2n) is 4.46. The lowest BCUT2D eigenvalue weighted by Gasteiger charge is -2.00. The number of carboxylic acids is 1. The van der Waals surface area contributed by atoms with Crippen molar-refractivity contribution in [2.24, 2.45) is 0 Å². The van der Waals surface area contributed by atoms with E-state index in [0.29, 0.717) is 5.01 Å². The molecule has 0 radical (unpaired) electrons. The van der Waals surface area contributed by atoms with Crippen LogP contribution in [-0.4, -0.2) is 25.4 Å². The highest BCUT2D eigenvalue weighted by Crippen LogP contribution is 2.23. The van der Waals surface area contributed by atoms with E-state index >= 15 is 0 Å². The molecule has 3 aromatic rings. The molecule has 0 saturated carbocycles. The molecule has 20 heavy (non-hydrogen) atoms. The lowest BCUT2D eigenvalue weighted by atomic mass is 10.2. The van der Waals surface area contributed by atoms with Crippen molar-refractivity contribution in [2.75, 3.05) is 0 Å². The van der Waals surface area contributed by atoms with E-state index in [-0.39, 0.29) is 6.42 Å². The lowest BCUT2D eigenvalue weighted by molar-refractivity contribution is -0.136. The van der Waals surface area contributed by atoms with E-state index in [9.17, 15) is 4.79 Å². The molecule has 0 spiro atoms. The Labute approximate surface area is 119 Å². The summed E-state index contributed by atoms with van der Waals surface area (Å²) in [6.45, 7) is 2.11. The van der Waals surface area contributed by atoms with Crippen LogP contribution in [0.2, 0.25) is 0 Å². The minimum atomic E-state index is -0.864. The Morgan fingerprint density at radius 1 is 1.50 bits per heavy atom. The van der Waals surface area contributed by atoms with Crippen LogP contribution < -0.4 is 0 Å². The molecule has 1 N–H and O–H groups in total. The van der Waals surface area contributed by atoms with Crippen LogP contribution in [0.1, 0.15) is 17.5 Å². The lowest BCUT2D eigenvalue weighted by Crippen LogP contribution is -1.99. The molecule has 0 bridgehead atoms. The Morgan fingerprint density at radius 2 is 2.35 bits per heavy atom. The van der Waals surface area contributed by atoms with E-state index in [0.717, 1.165) is 23.5 Å². The van der Waals surface area contributed by atoms with Crippen LogP contribution >= 0.6 is 11.3 Å². The third-order valence-electron chi connectivity index (χ3n) is 3.10. The van der Waals surface area contributed by atoms with Gasteiger partial charge in [-0.1, -0.05) is 6.92 Å². The molecule has 3 heterocycles. The van der Waals surface area contributed by atoms with Crippen LogP contribution in [0, 0.1) is 0 Å². The van der Waals surface area contributed by atoms with Gasteiger partial charge in [-0.2, -0.15) is 0 Å². The number of aromatic nitrogens is 3. The number of aryl methyl sites for hydroxylation is 1. The van der Waals surface area contributed by atoms with Crippen molar-refractivity contribution < 1.29 is 9.90 Å². The molecule has 0 aliphatic rings. The van der Waals surface area contributed by atoms with Crippen molar-refractivity contribution in [3.8, 4) is 11.4 Å². The van der Waals surface area contributed by atoms with Gasteiger partial charge in [0, 0.05) is 11.6 Å². The van der Waals surface area contributed by atoms with Gasteiger partial charge in [-0.3, -0.25) is 9.20 Å². The molecule has 5 nitrogen and oxygen atoms in total. The first-order valence-electron chi connectivity index (χ1n) is 6.30. The highest BCUT2D eigenvalue weighted by molar-refractivity contribution is 7.10. The van der Waals surface area contributed by atoms with Crippen molar-refractivity contribution in [2.45, 2.75) is 19.8 Å². The van der Waals surface area contributed by atoms with Crippen LogP contribution in [0.4, 0.5) is 0 Å². The minimum Gasteiger partial charge on any atom is -0.481 e. The Hall–Kier alpha value is -2.21. The average molecular weight is 287 g/mol. The molecule has 0 fully saturated rings. The Kier molecular flexibility index (Phi) is 3.23. The number of nitrogens with zero attached hydrogens (tertiary/aromatic N) is 3. The fraction of sp³-hybridized carbons (Fsp3) is 0.214. The quantitative estimate of drug-likeness (QED) is 0.801. The smallest absolute Gasteiger partial charge is 0.310 e. The van der Waals surface area contributed by atoms with Crippen molar-refractivity contribution in [1.82, 2.24) is 14.4 Å². The highest BCUT2D eigenvalue weighted by Gasteiger charge is 2.11. The Bertz CT molecular complexity index is 776. The molecule has 0 atom stereocenters. The Morgan fingerprint density at radius 3 is 3.10 bits per heavy atom. The van der Waals surface area contributed by atoms with Gasteiger partial charge in [0.2, 0.25) is 0 Å². The number of imidazole rings is 1. The first-order valence-corrected chi connectivity index (χ1v) is 7.18. The summed E-state index contributed by atoms with van der Waals surface area (Å²) in [7, 11) is 0. The van der Waals surface area contributed by atoms with Crippen molar-refractivity contribution in [3.05, 3.63) is 40.5 Å². The van der Waals surface area contributed by atoms with Gasteiger partial charge in [0.25, 0.3) is 0 Å². The van der Waals surface area contributed by atoms with Gasteiger partial charge in [0.05, 0.1) is 24.0 Å². The van der Waals surface area contributed by atoms with Gasteiger partial charge in [-0.05, 0) is 24.1 Å². The SMILES string of the molecule is CCc1ccn2c(-c3csc(CC(=O)O)n3)cnc2c1. The van der Waals surface area contributed by atoms with E-state index in [2.05, 4.69) is 23.0 Å². The number of hydrogen-bond donors (Lipinski definition) is 1. The number of rotatable bonds is 4. The number of thiazole rings is 1. The summed E-state index contributed by atoms with van der Waals surface area (Å²) >= 11 is 1.36. The molecule has 6 heteroatoms. The van der Waals surface area contributed by atoms with E-state index in [1.807, 2.05) is 22.0 Å². The number of aliphatic carboxylic acids is 1. The van der Waals surface area contributed by atoms with Crippen LogP contribution in [-0.2, 0) is 17.6 Å². The number of carboxylic acid groups (broad SMARTS) is 1. The van der Waals surface area contributed by atoms with Crippen LogP contribution in [0.5, 0.6) is 0 Å². The third kappa shape index (κ3) is 2.30. The van der Waals surface area contributed by atoms with E-state index in [4.69, 9.17) is 5.11 Å². The van der Waals surface area contributed by atoms with Crippen LogP contribution in [0.3, 0.4) is 0 Å². The fourth-order valence-corrected chi connectivity index (χ4v) is 2.85. The number of pyridine rings is 1. The second-order valence-corrected chi connectivity index (χ2v) is 5.40. The van der Waals surface area contributed by atoms with Gasteiger partial charge >= 0.3 is 5.97 Å². The normalized spacial score (nSPS) is 11.1. The minimum absolute atomic E-state index is 0.0403. The zero-order chi connectivity index (χ0) is 14.1. The van der Waals surface area contributed by atoms with Gasteiger partial charge in [-0.15, -0.1) is 11.3 Å². The summed E-state index contributed by atoms with van der Waals surface area (Å²) in [5.41, 5.74) is 3.77. The summed E-state index contributed by atoms with van der Waals surface area (Å²) in [5, 5.41) is 11.3. The monoisotopic (exact) mass is 287 g/mol. The summed E-state index contributed by atoms with van der Waals surface area (Å²) in [4.78, 5) is 19.4. The molecular formula is C14H13N3O2S. The first kappa shape index (κ1) is 12.8. The topological polar surface area (TPSA) is 67.5 Å². The summed E-state index contributed by atoms with van der Waals surface area (Å²) in [6.07, 6.45) is 4.68. The maximum atomic E-state index is 10.7. The van der Waals surface area contributed by atoms with Crippen molar-refractivity contribution >= 4 is 23.0 Å². The number of fused-ring (bicyclic) bond motifs is 1. The molecule has 0 amide bonds. The zero-order valence-electron chi connectivity index (χ0n) is 10.9. The van der Waals surface area contributed by atoms with Crippen LogP contribution in [0.25, 0.3) is 17.0 Å². The molecule has 3 aromatic heterocycles. The molecular weight excluding hydrogens is 274 g/mol. The maximum Gasteiger partial charge on any atom is 0.310 e. The molecule has 0 aliphatic carbocycles. The standard InChI is InChI=1S/C14H13N3O2S/c1-2-9-3-4-17-11(7-15-12(17)5-9)10-8-20-13(16-10)6-14(18)19/h3-5,7-8H,2,6H2,1H3,(H,18,19). The van der Waals surface area contributed by atoms with E-state index < -0.39 is 5.97 Å². The van der Waals surface area contributed by atoms with Gasteiger partial charge < -0.3 is 5.11 Å². The number of carbonyl (C=O) groups is 1. The third-order valence-corrected chi connectivity index (χ3v) is 3.95. The molecule has 3 rings (SSSR count). The van der Waals surface area contributed by atoms with Crippen LogP contribution in [0.15, 0.2) is 29.9 Å². The highest BCUT2D eigenvalue weighted by atomic mass is 32.1. The predicted molar refractivity (Wildman–Crippen MR) is 77.0 cm³/mol. The molecule has 102 valence electrons. The summed E-state index contributed by atoms with van der Waals surface area (Å²) in [6, 6.07) is 4.11. The van der Waals surface area contributed by atoms with E-state index in [1.165, 1.54) is 16.9 Å². The summed E-state index contributed by atoms with van der Waals surface area (Å²) < 4.78 is 1.97. The molecule has 0 unspecified atom stereocenters. The largest absolute Gasteiger partial charge is 0.481 e. The van der Waals surface area contributed by atoms with Gasteiger partial charge in [0.1, 0.15) is 10.7 Å². The van der Waals surface area contributed by atoms with Gasteiger partial charge in [-0.25, -0.2) is 9.97 Å². The zero-order valence-corrected chi connectivity index (χ0v) is 11.7. The van der Waals surface area contributed by atoms with Gasteiger partial charge in [0.15, 0.2) is 0 Å².